The van der Waals surface area contributed by atoms with E-state index < -0.39 is 10.9 Å². The molecule has 1 heterocycles. The van der Waals surface area contributed by atoms with Crippen LogP contribution in [0.25, 0.3) is 6.08 Å². The molecule has 0 unspecified atom stereocenters. The van der Waals surface area contributed by atoms with Gasteiger partial charge in [-0.1, -0.05) is 48.2 Å². The highest BCUT2D eigenvalue weighted by Crippen LogP contribution is 2.37. The van der Waals surface area contributed by atoms with E-state index in [0.29, 0.717) is 20.5 Å². The van der Waals surface area contributed by atoms with Crippen molar-refractivity contribution in [1.29, 1.82) is 0 Å². The second kappa shape index (κ2) is 9.86. The third-order valence-electron chi connectivity index (χ3n) is 4.81. The number of carbonyl (C=O) groups excluding carboxylic acids is 2. The molecule has 170 valence electrons. The molecular weight excluding hydrogens is 476 g/mol. The lowest BCUT2D eigenvalue weighted by atomic mass is 10.1. The van der Waals surface area contributed by atoms with Gasteiger partial charge in [0.15, 0.2) is 15.8 Å². The molecule has 10 heteroatoms. The van der Waals surface area contributed by atoms with Crippen LogP contribution in [0.15, 0.2) is 77.7 Å². The summed E-state index contributed by atoms with van der Waals surface area (Å²) in [4.78, 5) is 37.5. The lowest BCUT2D eigenvalue weighted by Crippen LogP contribution is -2.27. The average Bonchev–Trinajstić information content (AvgIpc) is 3.12. The van der Waals surface area contributed by atoms with Gasteiger partial charge < -0.3 is 9.47 Å². The number of benzene rings is 3. The zero-order valence-corrected chi connectivity index (χ0v) is 19.3. The predicted molar refractivity (Wildman–Crippen MR) is 133 cm³/mol. The summed E-state index contributed by atoms with van der Waals surface area (Å²) in [6.07, 6.45) is 1.69. The van der Waals surface area contributed by atoms with Gasteiger partial charge in [-0.25, -0.2) is 4.79 Å². The van der Waals surface area contributed by atoms with E-state index in [9.17, 15) is 19.7 Å². The number of hydrogen-bond donors (Lipinski definition) is 0. The SMILES string of the molecule is COc1cc(C=C2SC(=S)N(c3ccccc3)C2=O)ccc1OC(=O)c1ccc([N+](=O)[O-])cc1. The first-order chi connectivity index (χ1) is 16.4. The van der Waals surface area contributed by atoms with Gasteiger partial charge in [0.25, 0.3) is 11.6 Å². The highest BCUT2D eigenvalue weighted by atomic mass is 32.2. The number of amides is 1. The van der Waals surface area contributed by atoms with E-state index >= 15 is 0 Å². The molecule has 1 saturated heterocycles. The van der Waals surface area contributed by atoms with E-state index in [2.05, 4.69) is 0 Å². The van der Waals surface area contributed by atoms with Crippen LogP contribution in [0, 0.1) is 10.1 Å². The number of nitro benzene ring substituents is 1. The summed E-state index contributed by atoms with van der Waals surface area (Å²) in [5, 5.41) is 10.8. The molecule has 3 aromatic rings. The topological polar surface area (TPSA) is 99.0 Å². The maximum atomic E-state index is 12.9. The van der Waals surface area contributed by atoms with Crippen LogP contribution in [-0.4, -0.2) is 28.2 Å². The first-order valence-electron chi connectivity index (χ1n) is 9.85. The normalized spacial score (nSPS) is 14.4. The van der Waals surface area contributed by atoms with Crippen molar-refractivity contribution in [2.45, 2.75) is 0 Å². The predicted octanol–water partition coefficient (Wildman–Crippen LogP) is 5.23. The second-order valence-corrected chi connectivity index (χ2v) is 8.63. The number of nitro groups is 1. The summed E-state index contributed by atoms with van der Waals surface area (Å²) in [7, 11) is 1.43. The van der Waals surface area contributed by atoms with Gasteiger partial charge in [0.05, 0.1) is 28.2 Å². The molecule has 1 aliphatic heterocycles. The number of rotatable bonds is 6. The van der Waals surface area contributed by atoms with E-state index in [0.717, 1.165) is 0 Å². The zero-order chi connectivity index (χ0) is 24.2. The number of ether oxygens (including phenoxy) is 2. The minimum atomic E-state index is -0.690. The van der Waals surface area contributed by atoms with Gasteiger partial charge in [0.1, 0.15) is 0 Å². The van der Waals surface area contributed by atoms with E-state index in [1.165, 1.54) is 48.0 Å². The Labute approximate surface area is 203 Å². The van der Waals surface area contributed by atoms with Crippen LogP contribution in [0.3, 0.4) is 0 Å². The number of anilines is 1. The molecule has 1 amide bonds. The molecule has 1 aliphatic rings. The van der Waals surface area contributed by atoms with Gasteiger partial charge >= 0.3 is 5.97 Å². The van der Waals surface area contributed by atoms with Crippen molar-refractivity contribution >= 4 is 57.6 Å². The molecular formula is C24H16N2O6S2. The van der Waals surface area contributed by atoms with E-state index in [1.807, 2.05) is 30.3 Å². The van der Waals surface area contributed by atoms with Crippen LogP contribution in [0.1, 0.15) is 15.9 Å². The van der Waals surface area contributed by atoms with Crippen molar-refractivity contribution in [2.75, 3.05) is 12.0 Å². The van der Waals surface area contributed by atoms with Crippen molar-refractivity contribution in [2.24, 2.45) is 0 Å². The van der Waals surface area contributed by atoms with Gasteiger partial charge in [-0.3, -0.25) is 19.8 Å². The Bertz CT molecular complexity index is 1320. The largest absolute Gasteiger partial charge is 0.493 e. The molecule has 0 aromatic heterocycles. The number of para-hydroxylation sites is 1. The molecule has 0 radical (unpaired) electrons. The summed E-state index contributed by atoms with van der Waals surface area (Å²) >= 11 is 6.58. The number of methoxy groups -OCH3 is 1. The minimum Gasteiger partial charge on any atom is -0.493 e. The Morgan fingerprint density at radius 3 is 2.41 bits per heavy atom. The molecule has 0 saturated carbocycles. The van der Waals surface area contributed by atoms with Crippen LogP contribution in [0.5, 0.6) is 11.5 Å². The molecule has 4 rings (SSSR count). The highest BCUT2D eigenvalue weighted by molar-refractivity contribution is 8.27. The number of hydrogen-bond acceptors (Lipinski definition) is 8. The number of nitrogens with zero attached hydrogens (tertiary/aromatic N) is 2. The van der Waals surface area contributed by atoms with Crippen molar-refractivity contribution in [3.05, 3.63) is 98.9 Å². The van der Waals surface area contributed by atoms with Gasteiger partial charge in [0.2, 0.25) is 0 Å². The maximum absolute atomic E-state index is 12.9. The number of carbonyl (C=O) groups is 2. The van der Waals surface area contributed by atoms with Gasteiger partial charge in [0, 0.05) is 12.1 Å². The Balaban J connectivity index is 1.54. The van der Waals surface area contributed by atoms with Gasteiger partial charge in [-0.15, -0.1) is 0 Å². The van der Waals surface area contributed by atoms with E-state index in [-0.39, 0.29) is 28.7 Å². The lowest BCUT2D eigenvalue weighted by Gasteiger charge is -2.13. The number of non-ortho nitro benzene ring substituents is 1. The van der Waals surface area contributed by atoms with Crippen molar-refractivity contribution in [1.82, 2.24) is 0 Å². The molecule has 0 bridgehead atoms. The quantitative estimate of drug-likeness (QED) is 0.115. The standard InChI is InChI=1S/C24H16N2O6S2/c1-31-20-13-15(14-21-22(27)25(24(33)34-21)17-5-3-2-4-6-17)7-12-19(20)32-23(28)16-8-10-18(11-9-16)26(29)30/h2-14H,1H3. The fourth-order valence-corrected chi connectivity index (χ4v) is 4.45. The maximum Gasteiger partial charge on any atom is 0.343 e. The third kappa shape index (κ3) is 4.82. The van der Waals surface area contributed by atoms with Crippen molar-refractivity contribution in [3.63, 3.8) is 0 Å². The van der Waals surface area contributed by atoms with E-state index in [4.69, 9.17) is 21.7 Å². The van der Waals surface area contributed by atoms with Crippen LogP contribution in [-0.2, 0) is 4.79 Å². The van der Waals surface area contributed by atoms with E-state index in [1.54, 1.807) is 24.3 Å². The fourth-order valence-electron chi connectivity index (χ4n) is 3.16. The summed E-state index contributed by atoms with van der Waals surface area (Å²) < 4.78 is 11.2. The molecule has 0 aliphatic carbocycles. The van der Waals surface area contributed by atoms with Gasteiger partial charge in [-0.2, -0.15) is 0 Å². The smallest absolute Gasteiger partial charge is 0.343 e. The molecule has 1 fully saturated rings. The number of thiocarbonyl (C=S) groups is 1. The molecule has 8 nitrogen and oxygen atoms in total. The number of thioether (sulfide) groups is 1. The third-order valence-corrected chi connectivity index (χ3v) is 6.11. The van der Waals surface area contributed by atoms with Crippen LogP contribution >= 0.6 is 24.0 Å². The minimum absolute atomic E-state index is 0.129. The monoisotopic (exact) mass is 492 g/mol. The average molecular weight is 493 g/mol. The van der Waals surface area contributed by atoms with Crippen LogP contribution < -0.4 is 14.4 Å². The molecule has 0 atom stereocenters. The number of esters is 1. The summed E-state index contributed by atoms with van der Waals surface area (Å²) in [6, 6.07) is 19.1. The van der Waals surface area contributed by atoms with Gasteiger partial charge in [-0.05, 0) is 48.0 Å². The second-order valence-electron chi connectivity index (χ2n) is 6.96. The molecule has 3 aromatic carbocycles. The molecule has 34 heavy (non-hydrogen) atoms. The molecule has 0 spiro atoms. The zero-order valence-electron chi connectivity index (χ0n) is 17.7. The Kier molecular flexibility index (Phi) is 6.71. The molecule has 0 N–H and O–H groups in total. The fraction of sp³-hybridized carbons (Fsp3) is 0.0417. The first kappa shape index (κ1) is 23.1. The summed E-state index contributed by atoms with van der Waals surface area (Å²) in [5.41, 5.74) is 1.37. The van der Waals surface area contributed by atoms with Crippen molar-refractivity contribution < 1.29 is 24.0 Å². The van der Waals surface area contributed by atoms with Crippen molar-refractivity contribution in [3.8, 4) is 11.5 Å². The highest BCUT2D eigenvalue weighted by Gasteiger charge is 2.33. The first-order valence-corrected chi connectivity index (χ1v) is 11.1. The Hall–Kier alpha value is -4.02. The van der Waals surface area contributed by atoms with Crippen LogP contribution in [0.2, 0.25) is 0 Å². The lowest BCUT2D eigenvalue weighted by molar-refractivity contribution is -0.384. The summed E-state index contributed by atoms with van der Waals surface area (Å²) in [5.74, 6) is -0.471. The Morgan fingerprint density at radius 2 is 1.76 bits per heavy atom. The summed E-state index contributed by atoms with van der Waals surface area (Å²) in [6.45, 7) is 0. The van der Waals surface area contributed by atoms with Crippen LogP contribution in [0.4, 0.5) is 11.4 Å². The Morgan fingerprint density at radius 1 is 1.06 bits per heavy atom.